The maximum Gasteiger partial charge on any atom is 0.326 e. The number of rotatable bonds is 7. The van der Waals surface area contributed by atoms with Crippen LogP contribution >= 0.6 is 0 Å². The van der Waals surface area contributed by atoms with Gasteiger partial charge in [-0.3, -0.25) is 9.59 Å². The minimum atomic E-state index is -1.15. The van der Waals surface area contributed by atoms with Gasteiger partial charge in [0.05, 0.1) is 0 Å². The van der Waals surface area contributed by atoms with Crippen molar-refractivity contribution in [2.24, 2.45) is 17.6 Å². The number of primary amides is 1. The second kappa shape index (κ2) is 6.34. The molecule has 18 heavy (non-hydrogen) atoms. The highest BCUT2D eigenvalue weighted by atomic mass is 16.4. The highest BCUT2D eigenvalue weighted by Crippen LogP contribution is 2.16. The van der Waals surface area contributed by atoms with Crippen LogP contribution in [0.3, 0.4) is 0 Å². The molecular formula is C11H19N3O4. The van der Waals surface area contributed by atoms with E-state index in [1.54, 1.807) is 6.92 Å². The minimum Gasteiger partial charge on any atom is -0.480 e. The molecule has 0 bridgehead atoms. The Bertz CT molecular complexity index is 341. The van der Waals surface area contributed by atoms with E-state index in [0.717, 1.165) is 13.1 Å². The van der Waals surface area contributed by atoms with Crippen LogP contribution in [0.2, 0.25) is 0 Å². The van der Waals surface area contributed by atoms with E-state index >= 15 is 0 Å². The number of amides is 2. The molecule has 0 aromatic carbocycles. The largest absolute Gasteiger partial charge is 0.480 e. The van der Waals surface area contributed by atoms with Crippen molar-refractivity contribution in [2.75, 3.05) is 13.1 Å². The first-order chi connectivity index (χ1) is 8.41. The first-order valence-corrected chi connectivity index (χ1v) is 5.94. The van der Waals surface area contributed by atoms with Gasteiger partial charge in [0.1, 0.15) is 6.04 Å². The number of carbonyl (C=O) groups is 3. The Balaban J connectivity index is 2.46. The normalized spacial score (nSPS) is 18.5. The summed E-state index contributed by atoms with van der Waals surface area (Å²) in [6.45, 7) is 3.31. The van der Waals surface area contributed by atoms with E-state index in [2.05, 4.69) is 10.6 Å². The van der Waals surface area contributed by atoms with Crippen LogP contribution in [0.25, 0.3) is 0 Å². The van der Waals surface area contributed by atoms with E-state index in [4.69, 9.17) is 10.8 Å². The molecule has 2 atom stereocenters. The van der Waals surface area contributed by atoms with Gasteiger partial charge in [0.25, 0.3) is 0 Å². The van der Waals surface area contributed by atoms with Gasteiger partial charge in [0.2, 0.25) is 11.8 Å². The molecule has 0 radical (unpaired) electrons. The minimum absolute atomic E-state index is 0.0199. The van der Waals surface area contributed by atoms with Gasteiger partial charge in [-0.25, -0.2) is 4.79 Å². The summed E-state index contributed by atoms with van der Waals surface area (Å²) in [4.78, 5) is 33.4. The van der Waals surface area contributed by atoms with Crippen LogP contribution in [0, 0.1) is 11.8 Å². The van der Waals surface area contributed by atoms with Crippen molar-refractivity contribution in [1.29, 1.82) is 0 Å². The van der Waals surface area contributed by atoms with Crippen molar-refractivity contribution in [3.05, 3.63) is 0 Å². The molecule has 0 aromatic rings. The third-order valence-electron chi connectivity index (χ3n) is 3.23. The summed E-state index contributed by atoms with van der Waals surface area (Å²) in [7, 11) is 0. The topological polar surface area (TPSA) is 122 Å². The van der Waals surface area contributed by atoms with Gasteiger partial charge in [0, 0.05) is 12.3 Å². The number of hydrogen-bond acceptors (Lipinski definition) is 4. The number of carboxylic acids is 1. The predicted octanol–water partition coefficient (Wildman–Crippen LogP) is -1.32. The fraction of sp³-hybridized carbons (Fsp3) is 0.727. The Labute approximate surface area is 105 Å². The Morgan fingerprint density at radius 2 is 2.06 bits per heavy atom. The lowest BCUT2D eigenvalue weighted by Gasteiger charge is -2.32. The van der Waals surface area contributed by atoms with Crippen molar-refractivity contribution >= 4 is 17.8 Å². The zero-order valence-corrected chi connectivity index (χ0v) is 10.3. The van der Waals surface area contributed by atoms with E-state index in [9.17, 15) is 14.4 Å². The molecule has 1 saturated heterocycles. The van der Waals surface area contributed by atoms with E-state index < -0.39 is 17.9 Å². The number of nitrogens with one attached hydrogen (secondary N) is 2. The summed E-state index contributed by atoms with van der Waals surface area (Å²) in [5.74, 6) is -2.01. The summed E-state index contributed by atoms with van der Waals surface area (Å²) < 4.78 is 0. The smallest absolute Gasteiger partial charge is 0.326 e. The summed E-state index contributed by atoms with van der Waals surface area (Å²) in [6, 6.07) is -1.06. The van der Waals surface area contributed by atoms with E-state index in [-0.39, 0.29) is 30.6 Å². The predicted molar refractivity (Wildman–Crippen MR) is 63.5 cm³/mol. The summed E-state index contributed by atoms with van der Waals surface area (Å²) >= 11 is 0. The van der Waals surface area contributed by atoms with E-state index in [0.29, 0.717) is 0 Å². The second-order valence-corrected chi connectivity index (χ2v) is 4.61. The number of hydrogen-bond donors (Lipinski definition) is 4. The molecule has 1 rings (SSSR count). The van der Waals surface area contributed by atoms with Crippen LogP contribution in [0.15, 0.2) is 0 Å². The number of nitrogens with two attached hydrogens (primary N) is 1. The molecule has 1 heterocycles. The van der Waals surface area contributed by atoms with Crippen LogP contribution in [0.5, 0.6) is 0 Å². The average molecular weight is 257 g/mol. The van der Waals surface area contributed by atoms with Crippen molar-refractivity contribution in [3.63, 3.8) is 0 Å². The van der Waals surface area contributed by atoms with Gasteiger partial charge in [-0.2, -0.15) is 0 Å². The van der Waals surface area contributed by atoms with Gasteiger partial charge >= 0.3 is 5.97 Å². The molecule has 0 spiro atoms. The van der Waals surface area contributed by atoms with Gasteiger partial charge in [-0.15, -0.1) is 0 Å². The van der Waals surface area contributed by atoms with Gasteiger partial charge in [-0.1, -0.05) is 6.92 Å². The Morgan fingerprint density at radius 3 is 2.44 bits per heavy atom. The number of carboxylic acid groups (broad SMARTS) is 1. The number of aliphatic carboxylic acids is 1. The molecule has 7 nitrogen and oxygen atoms in total. The number of carbonyl (C=O) groups excluding carboxylic acids is 2. The SMILES string of the molecule is CC(C(=O)NC(CCC(N)=O)C(=O)O)C1CNC1. The van der Waals surface area contributed by atoms with Crippen LogP contribution in [0.4, 0.5) is 0 Å². The van der Waals surface area contributed by atoms with E-state index in [1.807, 2.05) is 0 Å². The quantitative estimate of drug-likeness (QED) is 0.450. The highest BCUT2D eigenvalue weighted by Gasteiger charge is 2.31. The highest BCUT2D eigenvalue weighted by molar-refractivity contribution is 5.85. The standard InChI is InChI=1S/C11H19N3O4/c1-6(7-4-13-5-7)10(16)14-8(11(17)18)2-3-9(12)15/h6-8,13H,2-5H2,1H3,(H2,12,15)(H,14,16)(H,17,18). The Kier molecular flexibility index (Phi) is 5.08. The van der Waals surface area contributed by atoms with Gasteiger partial charge in [-0.05, 0) is 25.4 Å². The molecule has 102 valence electrons. The first-order valence-electron chi connectivity index (χ1n) is 5.94. The monoisotopic (exact) mass is 257 g/mol. The van der Waals surface area contributed by atoms with E-state index in [1.165, 1.54) is 0 Å². The van der Waals surface area contributed by atoms with Gasteiger partial charge < -0.3 is 21.5 Å². The molecule has 1 fully saturated rings. The molecule has 0 saturated carbocycles. The zero-order chi connectivity index (χ0) is 13.7. The molecule has 1 aliphatic rings. The molecule has 5 N–H and O–H groups in total. The lowest BCUT2D eigenvalue weighted by Crippen LogP contribution is -2.52. The molecular weight excluding hydrogens is 238 g/mol. The van der Waals surface area contributed by atoms with Crippen molar-refractivity contribution in [3.8, 4) is 0 Å². The molecule has 0 aromatic heterocycles. The Morgan fingerprint density at radius 1 is 1.44 bits per heavy atom. The lowest BCUT2D eigenvalue weighted by atomic mass is 9.88. The van der Waals surface area contributed by atoms with Crippen LogP contribution in [0.1, 0.15) is 19.8 Å². The van der Waals surface area contributed by atoms with Crippen LogP contribution in [-0.2, 0) is 14.4 Å². The molecule has 1 aliphatic heterocycles. The second-order valence-electron chi connectivity index (χ2n) is 4.61. The average Bonchev–Trinajstić information content (AvgIpc) is 2.20. The molecule has 0 aliphatic carbocycles. The molecule has 7 heteroatoms. The summed E-state index contributed by atoms with van der Waals surface area (Å²) in [6.07, 6.45) is -0.0390. The molecule has 2 unspecified atom stereocenters. The van der Waals surface area contributed by atoms with Crippen LogP contribution in [-0.4, -0.2) is 42.0 Å². The third kappa shape index (κ3) is 3.99. The zero-order valence-electron chi connectivity index (χ0n) is 10.3. The lowest BCUT2D eigenvalue weighted by molar-refractivity contribution is -0.143. The summed E-state index contributed by atoms with van der Waals surface area (Å²) in [5, 5.41) is 14.4. The molecule has 2 amide bonds. The van der Waals surface area contributed by atoms with Gasteiger partial charge in [0.15, 0.2) is 0 Å². The first kappa shape index (κ1) is 14.4. The van der Waals surface area contributed by atoms with Crippen molar-refractivity contribution in [2.45, 2.75) is 25.8 Å². The van der Waals surface area contributed by atoms with Crippen molar-refractivity contribution in [1.82, 2.24) is 10.6 Å². The van der Waals surface area contributed by atoms with Crippen molar-refractivity contribution < 1.29 is 19.5 Å². The maximum absolute atomic E-state index is 11.8. The van der Waals surface area contributed by atoms with Crippen LogP contribution < -0.4 is 16.4 Å². The summed E-state index contributed by atoms with van der Waals surface area (Å²) in [5.41, 5.74) is 4.96. The Hall–Kier alpha value is -1.63. The fourth-order valence-electron chi connectivity index (χ4n) is 1.73. The maximum atomic E-state index is 11.8. The fourth-order valence-corrected chi connectivity index (χ4v) is 1.73. The third-order valence-corrected chi connectivity index (χ3v) is 3.23.